The van der Waals surface area contributed by atoms with Crippen molar-refractivity contribution in [2.24, 2.45) is 0 Å². The van der Waals surface area contributed by atoms with Crippen molar-refractivity contribution >= 4 is 38.9 Å². The van der Waals surface area contributed by atoms with Gasteiger partial charge in [-0.3, -0.25) is 4.90 Å². The number of nitrogens with zero attached hydrogens (tertiary/aromatic N) is 1. The summed E-state index contributed by atoms with van der Waals surface area (Å²) in [5, 5.41) is 3.44. The first-order valence-electron chi connectivity index (χ1n) is 5.51. The molecule has 0 bridgehead atoms. The number of hydrogen-bond acceptors (Lipinski definition) is 3. The molecule has 90 valence electrons. The molecule has 1 unspecified atom stereocenters. The Balaban J connectivity index is 1.93. The van der Waals surface area contributed by atoms with Crippen LogP contribution < -0.4 is 5.32 Å². The number of rotatable bonds is 3. The lowest BCUT2D eigenvalue weighted by atomic mass is 10.1. The number of halogens is 2. The molecule has 0 aliphatic carbocycles. The third-order valence-electron chi connectivity index (χ3n) is 3.00. The molecule has 2 nitrogen and oxygen atoms in total. The normalized spacial score (nSPS) is 21.6. The number of piperidine rings is 1. The molecule has 16 heavy (non-hydrogen) atoms. The van der Waals surface area contributed by atoms with Gasteiger partial charge >= 0.3 is 0 Å². The van der Waals surface area contributed by atoms with Gasteiger partial charge in [0.1, 0.15) is 4.34 Å². The molecule has 0 spiro atoms. The van der Waals surface area contributed by atoms with E-state index in [1.54, 1.807) is 11.3 Å². The fourth-order valence-electron chi connectivity index (χ4n) is 2.05. The van der Waals surface area contributed by atoms with Crippen molar-refractivity contribution in [1.29, 1.82) is 0 Å². The lowest BCUT2D eigenvalue weighted by Gasteiger charge is -2.31. The maximum absolute atomic E-state index is 6.04. The third-order valence-corrected chi connectivity index (χ3v) is 5.46. The molecule has 1 aromatic heterocycles. The molecule has 0 aromatic carbocycles. The molecule has 1 aliphatic heterocycles. The second-order valence-corrected chi connectivity index (χ2v) is 6.84. The molecule has 2 rings (SSSR count). The minimum atomic E-state index is 0.661. The number of likely N-dealkylation sites (N-methyl/N-ethyl adjacent to an activating group) is 1. The molecule has 0 radical (unpaired) electrons. The Kier molecular flexibility index (Phi) is 4.67. The number of hydrogen-bond donors (Lipinski definition) is 1. The van der Waals surface area contributed by atoms with Gasteiger partial charge in [-0.15, -0.1) is 11.3 Å². The predicted molar refractivity (Wildman–Crippen MR) is 74.4 cm³/mol. The maximum Gasteiger partial charge on any atom is 0.107 e. The summed E-state index contributed by atoms with van der Waals surface area (Å²) in [6.45, 7) is 3.26. The molecule has 1 fully saturated rings. The van der Waals surface area contributed by atoms with E-state index in [4.69, 9.17) is 11.6 Å². The lowest BCUT2D eigenvalue weighted by Crippen LogP contribution is -2.43. The smallest absolute Gasteiger partial charge is 0.107 e. The van der Waals surface area contributed by atoms with Crippen LogP contribution in [-0.2, 0) is 6.54 Å². The molecule has 2 heterocycles. The molecular weight excluding hydrogens is 308 g/mol. The first-order valence-corrected chi connectivity index (χ1v) is 7.50. The summed E-state index contributed by atoms with van der Waals surface area (Å²) in [7, 11) is 2.19. The SMILES string of the molecule is CN(Cc1cc(Br)c(Cl)s1)C1CCCNC1. The second-order valence-electron chi connectivity index (χ2n) is 4.25. The Hall–Kier alpha value is 0.390. The zero-order valence-corrected chi connectivity index (χ0v) is 12.5. The Labute approximate surface area is 114 Å². The van der Waals surface area contributed by atoms with Gasteiger partial charge in [0.05, 0.1) is 0 Å². The van der Waals surface area contributed by atoms with Crippen LogP contribution in [0.4, 0.5) is 0 Å². The molecule has 0 saturated carbocycles. The highest BCUT2D eigenvalue weighted by molar-refractivity contribution is 9.10. The molecule has 1 saturated heterocycles. The van der Waals surface area contributed by atoms with Crippen molar-refractivity contribution in [3.05, 3.63) is 19.8 Å². The molecule has 0 amide bonds. The highest BCUT2D eigenvalue weighted by Crippen LogP contribution is 2.32. The van der Waals surface area contributed by atoms with E-state index in [9.17, 15) is 0 Å². The monoisotopic (exact) mass is 322 g/mol. The highest BCUT2D eigenvalue weighted by Gasteiger charge is 2.18. The van der Waals surface area contributed by atoms with E-state index in [1.165, 1.54) is 24.3 Å². The van der Waals surface area contributed by atoms with Crippen LogP contribution in [0, 0.1) is 0 Å². The van der Waals surface area contributed by atoms with Crippen LogP contribution in [0.5, 0.6) is 0 Å². The van der Waals surface area contributed by atoms with Crippen molar-refractivity contribution in [3.63, 3.8) is 0 Å². The van der Waals surface area contributed by atoms with Gasteiger partial charge in [0.15, 0.2) is 0 Å². The third kappa shape index (κ3) is 3.20. The highest BCUT2D eigenvalue weighted by atomic mass is 79.9. The summed E-state index contributed by atoms with van der Waals surface area (Å²) in [5.41, 5.74) is 0. The van der Waals surface area contributed by atoms with Crippen molar-refractivity contribution in [3.8, 4) is 0 Å². The maximum atomic E-state index is 6.04. The van der Waals surface area contributed by atoms with Crippen LogP contribution in [0.1, 0.15) is 17.7 Å². The van der Waals surface area contributed by atoms with Crippen molar-refractivity contribution in [2.45, 2.75) is 25.4 Å². The van der Waals surface area contributed by atoms with E-state index in [0.717, 1.165) is 21.9 Å². The summed E-state index contributed by atoms with van der Waals surface area (Å²) >= 11 is 11.2. The lowest BCUT2D eigenvalue weighted by molar-refractivity contribution is 0.197. The van der Waals surface area contributed by atoms with Gasteiger partial charge in [0, 0.05) is 28.5 Å². The molecule has 1 N–H and O–H groups in total. The van der Waals surface area contributed by atoms with Crippen LogP contribution in [0.15, 0.2) is 10.5 Å². The second kappa shape index (κ2) is 5.83. The molecule has 1 atom stereocenters. The topological polar surface area (TPSA) is 15.3 Å². The summed E-state index contributed by atoms with van der Waals surface area (Å²) < 4.78 is 1.87. The van der Waals surface area contributed by atoms with Crippen LogP contribution in [0.2, 0.25) is 4.34 Å². The predicted octanol–water partition coefficient (Wildman–Crippen LogP) is 3.35. The average Bonchev–Trinajstić information content (AvgIpc) is 2.59. The Morgan fingerprint density at radius 1 is 1.69 bits per heavy atom. The van der Waals surface area contributed by atoms with Crippen molar-refractivity contribution in [1.82, 2.24) is 10.2 Å². The summed E-state index contributed by atoms with van der Waals surface area (Å²) in [6.07, 6.45) is 2.58. The molecule has 1 aliphatic rings. The number of nitrogens with one attached hydrogen (secondary N) is 1. The van der Waals surface area contributed by atoms with Crippen LogP contribution >= 0.6 is 38.9 Å². The van der Waals surface area contributed by atoms with E-state index < -0.39 is 0 Å². The van der Waals surface area contributed by atoms with Gasteiger partial charge in [0.2, 0.25) is 0 Å². The van der Waals surface area contributed by atoms with Gasteiger partial charge in [-0.1, -0.05) is 11.6 Å². The molecule has 5 heteroatoms. The summed E-state index contributed by atoms with van der Waals surface area (Å²) in [5.74, 6) is 0. The Morgan fingerprint density at radius 2 is 2.50 bits per heavy atom. The fraction of sp³-hybridized carbons (Fsp3) is 0.636. The zero-order chi connectivity index (χ0) is 11.5. The molecule has 1 aromatic rings. The first kappa shape index (κ1) is 12.8. The van der Waals surface area contributed by atoms with Gasteiger partial charge in [-0.25, -0.2) is 0 Å². The standard InChI is InChI=1S/C11H16BrClN2S/c1-15(8-3-2-4-14-6-8)7-9-5-10(12)11(13)16-9/h5,8,14H,2-4,6-7H2,1H3. The zero-order valence-electron chi connectivity index (χ0n) is 9.30. The van der Waals surface area contributed by atoms with E-state index in [-0.39, 0.29) is 0 Å². The van der Waals surface area contributed by atoms with Crippen LogP contribution in [-0.4, -0.2) is 31.1 Å². The van der Waals surface area contributed by atoms with Gasteiger partial charge in [0.25, 0.3) is 0 Å². The Morgan fingerprint density at radius 3 is 3.06 bits per heavy atom. The first-order chi connectivity index (χ1) is 7.66. The largest absolute Gasteiger partial charge is 0.315 e. The van der Waals surface area contributed by atoms with Gasteiger partial charge in [-0.2, -0.15) is 0 Å². The molecular formula is C11H16BrClN2S. The van der Waals surface area contributed by atoms with Crippen LogP contribution in [0.25, 0.3) is 0 Å². The summed E-state index contributed by atoms with van der Waals surface area (Å²) in [6, 6.07) is 2.79. The van der Waals surface area contributed by atoms with E-state index >= 15 is 0 Å². The fourth-order valence-corrected chi connectivity index (χ4v) is 3.91. The van der Waals surface area contributed by atoms with E-state index in [2.05, 4.69) is 39.3 Å². The van der Waals surface area contributed by atoms with Crippen molar-refractivity contribution in [2.75, 3.05) is 20.1 Å². The Bertz CT molecular complexity index is 330. The average molecular weight is 324 g/mol. The minimum absolute atomic E-state index is 0.661. The number of thiophene rings is 1. The van der Waals surface area contributed by atoms with Gasteiger partial charge in [-0.05, 0) is 48.4 Å². The van der Waals surface area contributed by atoms with Crippen molar-refractivity contribution < 1.29 is 0 Å². The van der Waals surface area contributed by atoms with Crippen LogP contribution in [0.3, 0.4) is 0 Å². The van der Waals surface area contributed by atoms with E-state index in [0.29, 0.717) is 6.04 Å². The minimum Gasteiger partial charge on any atom is -0.315 e. The quantitative estimate of drug-likeness (QED) is 0.917. The summed E-state index contributed by atoms with van der Waals surface area (Å²) in [4.78, 5) is 3.74. The van der Waals surface area contributed by atoms with Gasteiger partial charge < -0.3 is 5.32 Å². The van der Waals surface area contributed by atoms with E-state index in [1.807, 2.05) is 0 Å².